The first-order valence-corrected chi connectivity index (χ1v) is 14.3. The molecule has 2 N–H and O–H groups in total. The van der Waals surface area contributed by atoms with Crippen molar-refractivity contribution in [3.8, 4) is 0 Å². The van der Waals surface area contributed by atoms with Crippen LogP contribution in [0.2, 0.25) is 0 Å². The number of anilines is 1. The number of hydrogen-bond donors (Lipinski definition) is 2. The Labute approximate surface area is 230 Å². The van der Waals surface area contributed by atoms with E-state index in [1.54, 1.807) is 4.90 Å². The highest BCUT2D eigenvalue weighted by Crippen LogP contribution is 2.55. The Morgan fingerprint density at radius 1 is 1.00 bits per heavy atom. The Hall–Kier alpha value is -3.45. The first-order chi connectivity index (χ1) is 18.9. The van der Waals surface area contributed by atoms with Gasteiger partial charge < -0.3 is 20.3 Å². The number of amides is 3. The van der Waals surface area contributed by atoms with Gasteiger partial charge in [-0.1, -0.05) is 67.8 Å². The van der Waals surface area contributed by atoms with Gasteiger partial charge in [0.2, 0.25) is 17.7 Å². The summed E-state index contributed by atoms with van der Waals surface area (Å²) in [6.45, 7) is 4.42. The average molecular weight is 528 g/mol. The van der Waals surface area contributed by atoms with Crippen LogP contribution in [0.4, 0.5) is 5.69 Å². The Balaban J connectivity index is 1.29. The number of fused-ring (bicyclic) bond motifs is 1. The van der Waals surface area contributed by atoms with Crippen molar-refractivity contribution in [2.45, 2.75) is 76.2 Å². The fraction of sp³-hybridized carbons (Fsp3) is 0.469. The van der Waals surface area contributed by atoms with E-state index in [-0.39, 0.29) is 23.8 Å². The lowest BCUT2D eigenvalue weighted by molar-refractivity contribution is -0.141. The normalized spacial score (nSPS) is 29.5. The van der Waals surface area contributed by atoms with Crippen LogP contribution in [0.5, 0.6) is 0 Å². The molecule has 1 aliphatic carbocycles. The molecule has 6 rings (SSSR count). The van der Waals surface area contributed by atoms with Crippen LogP contribution < -0.4 is 10.6 Å². The molecule has 0 unspecified atom stereocenters. The molecule has 2 aromatic carbocycles. The summed E-state index contributed by atoms with van der Waals surface area (Å²) < 4.78 is 6.48. The van der Waals surface area contributed by atoms with E-state index >= 15 is 0 Å². The van der Waals surface area contributed by atoms with E-state index in [1.807, 2.05) is 74.5 Å². The molecule has 2 saturated heterocycles. The molecule has 4 aliphatic rings. The number of nitrogens with one attached hydrogen (secondary N) is 2. The number of aryl methyl sites for hydroxylation is 2. The van der Waals surface area contributed by atoms with Crippen LogP contribution in [0.3, 0.4) is 0 Å². The lowest BCUT2D eigenvalue weighted by atomic mass is 9.74. The molecule has 3 heterocycles. The zero-order valence-electron chi connectivity index (χ0n) is 22.7. The Morgan fingerprint density at radius 3 is 2.51 bits per heavy atom. The zero-order chi connectivity index (χ0) is 27.1. The number of likely N-dealkylation sites (tertiary alicyclic amines) is 1. The topological polar surface area (TPSA) is 87.7 Å². The summed E-state index contributed by atoms with van der Waals surface area (Å²) in [4.78, 5) is 43.4. The highest BCUT2D eigenvalue weighted by atomic mass is 16.5. The van der Waals surface area contributed by atoms with Crippen molar-refractivity contribution in [2.24, 2.45) is 11.8 Å². The van der Waals surface area contributed by atoms with Crippen molar-refractivity contribution in [3.05, 3.63) is 77.4 Å². The van der Waals surface area contributed by atoms with Crippen molar-refractivity contribution in [2.75, 3.05) is 11.9 Å². The van der Waals surface area contributed by atoms with Gasteiger partial charge in [-0.05, 0) is 61.9 Å². The third-order valence-corrected chi connectivity index (χ3v) is 9.14. The third-order valence-electron chi connectivity index (χ3n) is 9.14. The summed E-state index contributed by atoms with van der Waals surface area (Å²) in [5.41, 5.74) is 2.88. The second kappa shape index (κ2) is 10.3. The van der Waals surface area contributed by atoms with Crippen molar-refractivity contribution in [1.29, 1.82) is 0 Å². The van der Waals surface area contributed by atoms with Gasteiger partial charge in [0.1, 0.15) is 11.6 Å². The molecule has 1 spiro atoms. The largest absolute Gasteiger partial charge is 0.359 e. The predicted octanol–water partition coefficient (Wildman–Crippen LogP) is 4.08. The van der Waals surface area contributed by atoms with Crippen molar-refractivity contribution >= 4 is 23.4 Å². The van der Waals surface area contributed by atoms with Crippen LogP contribution in [-0.4, -0.2) is 53.0 Å². The lowest BCUT2D eigenvalue weighted by Gasteiger charge is -2.34. The second-order valence-electron chi connectivity index (χ2n) is 11.6. The summed E-state index contributed by atoms with van der Waals surface area (Å²) >= 11 is 0. The fourth-order valence-electron chi connectivity index (χ4n) is 6.97. The minimum atomic E-state index is -1.14. The quantitative estimate of drug-likeness (QED) is 0.531. The molecular weight excluding hydrogens is 490 g/mol. The molecule has 3 fully saturated rings. The van der Waals surface area contributed by atoms with Crippen LogP contribution in [0.25, 0.3) is 0 Å². The molecule has 7 heteroatoms. The summed E-state index contributed by atoms with van der Waals surface area (Å²) in [7, 11) is 0. The summed E-state index contributed by atoms with van der Waals surface area (Å²) in [5, 5.41) is 6.27. The lowest BCUT2D eigenvalue weighted by Crippen LogP contribution is -2.56. The van der Waals surface area contributed by atoms with Gasteiger partial charge in [0.05, 0.1) is 17.9 Å². The van der Waals surface area contributed by atoms with Gasteiger partial charge in [-0.2, -0.15) is 0 Å². The first kappa shape index (κ1) is 25.8. The molecule has 2 bridgehead atoms. The zero-order valence-corrected chi connectivity index (χ0v) is 22.7. The third kappa shape index (κ3) is 4.56. The standard InChI is InChI=1S/C32H37N3O4/c1-20-13-14-24(19-21(20)2)34-29(36)26-25-15-17-32(39-25)27(26)31(38)35(18-16-22-9-5-3-6-10-22)28(32)30(37)33-23-11-7-4-8-12-23/h3,5-6,9-10,13-15,17,19,23,25-28H,4,7-8,11-12,16,18H2,1-2H3,(H,33,37)(H,34,36)/t25-,26+,27-,28+,32-/m0/s1. The molecule has 5 atom stereocenters. The molecular formula is C32H37N3O4. The maximum absolute atomic E-state index is 14.1. The van der Waals surface area contributed by atoms with Gasteiger partial charge >= 0.3 is 0 Å². The maximum Gasteiger partial charge on any atom is 0.246 e. The molecule has 3 aliphatic heterocycles. The highest BCUT2D eigenvalue weighted by molar-refractivity contribution is 6.02. The SMILES string of the molecule is Cc1ccc(NC(=O)[C@@H]2[C@@H]3C=C[C@]4(O3)[C@@H]2C(=O)N(CCc2ccccc2)[C@@H]4C(=O)NC2CCCCC2)cc1C. The Kier molecular flexibility index (Phi) is 6.79. The van der Waals surface area contributed by atoms with E-state index in [9.17, 15) is 14.4 Å². The van der Waals surface area contributed by atoms with Gasteiger partial charge in [0.25, 0.3) is 0 Å². The van der Waals surface area contributed by atoms with E-state index < -0.39 is 29.6 Å². The molecule has 7 nitrogen and oxygen atoms in total. The van der Waals surface area contributed by atoms with Crippen LogP contribution in [0, 0.1) is 25.7 Å². The molecule has 0 radical (unpaired) electrons. The number of benzene rings is 2. The number of ether oxygens (including phenoxy) is 1. The van der Waals surface area contributed by atoms with Crippen molar-refractivity contribution in [1.82, 2.24) is 10.2 Å². The summed E-state index contributed by atoms with van der Waals surface area (Å²) in [5.74, 6) is -2.04. The fourth-order valence-corrected chi connectivity index (χ4v) is 6.97. The molecule has 0 aromatic heterocycles. The molecule has 2 aromatic rings. The van der Waals surface area contributed by atoms with Gasteiger partial charge in [0.15, 0.2) is 0 Å². The summed E-state index contributed by atoms with van der Waals surface area (Å²) in [6, 6.07) is 15.1. The van der Waals surface area contributed by atoms with E-state index in [1.165, 1.54) is 6.42 Å². The predicted molar refractivity (Wildman–Crippen MR) is 149 cm³/mol. The van der Waals surface area contributed by atoms with Crippen LogP contribution in [-0.2, 0) is 25.5 Å². The Morgan fingerprint density at radius 2 is 1.77 bits per heavy atom. The van der Waals surface area contributed by atoms with Crippen molar-refractivity contribution in [3.63, 3.8) is 0 Å². The summed E-state index contributed by atoms with van der Waals surface area (Å²) in [6.07, 6.45) is 9.12. The van der Waals surface area contributed by atoms with Gasteiger partial charge in [-0.15, -0.1) is 0 Å². The number of nitrogens with zero attached hydrogens (tertiary/aromatic N) is 1. The van der Waals surface area contributed by atoms with E-state index in [2.05, 4.69) is 10.6 Å². The highest BCUT2D eigenvalue weighted by Gasteiger charge is 2.72. The van der Waals surface area contributed by atoms with Gasteiger partial charge in [0, 0.05) is 18.3 Å². The number of carbonyl (C=O) groups is 3. The smallest absolute Gasteiger partial charge is 0.246 e. The van der Waals surface area contributed by atoms with Crippen molar-refractivity contribution < 1.29 is 19.1 Å². The molecule has 1 saturated carbocycles. The van der Waals surface area contributed by atoms with Crippen LogP contribution in [0.15, 0.2) is 60.7 Å². The van der Waals surface area contributed by atoms with E-state index in [0.717, 1.165) is 42.4 Å². The first-order valence-electron chi connectivity index (χ1n) is 14.3. The number of carbonyl (C=O) groups excluding carboxylic acids is 3. The van der Waals surface area contributed by atoms with Crippen LogP contribution >= 0.6 is 0 Å². The minimum absolute atomic E-state index is 0.110. The monoisotopic (exact) mass is 527 g/mol. The Bertz CT molecular complexity index is 1300. The number of rotatable bonds is 7. The van der Waals surface area contributed by atoms with E-state index in [4.69, 9.17) is 4.74 Å². The molecule has 39 heavy (non-hydrogen) atoms. The maximum atomic E-state index is 14.1. The van der Waals surface area contributed by atoms with E-state index in [0.29, 0.717) is 18.7 Å². The average Bonchev–Trinajstić information content (AvgIpc) is 3.58. The van der Waals surface area contributed by atoms with Gasteiger partial charge in [-0.25, -0.2) is 0 Å². The van der Waals surface area contributed by atoms with Gasteiger partial charge in [-0.3, -0.25) is 14.4 Å². The molecule has 3 amide bonds. The molecule has 204 valence electrons. The number of hydrogen-bond acceptors (Lipinski definition) is 4. The second-order valence-corrected chi connectivity index (χ2v) is 11.6. The minimum Gasteiger partial charge on any atom is -0.359 e. The van der Waals surface area contributed by atoms with Crippen LogP contribution in [0.1, 0.15) is 48.8 Å².